The molecule has 0 saturated heterocycles. The van der Waals surface area contributed by atoms with Crippen LogP contribution in [0.15, 0.2) is 24.3 Å². The second-order valence-electron chi connectivity index (χ2n) is 3.50. The summed E-state index contributed by atoms with van der Waals surface area (Å²) in [5.74, 6) is -1.12. The number of allylic oxidation sites excluding steroid dienone is 1. The zero-order valence-electron chi connectivity index (χ0n) is 10.3. The summed E-state index contributed by atoms with van der Waals surface area (Å²) in [6.45, 7) is 2.52. The fraction of sp³-hybridized carbons (Fsp3) is 0.231. The Balaban J connectivity index is 3.22. The summed E-state index contributed by atoms with van der Waals surface area (Å²) in [6, 6.07) is 3.93. The van der Waals surface area contributed by atoms with Crippen LogP contribution in [0.5, 0.6) is 0 Å². The van der Waals surface area contributed by atoms with Crippen molar-refractivity contribution in [3.05, 3.63) is 41.2 Å². The Bertz CT molecular complexity index is 484. The van der Waals surface area contributed by atoms with E-state index in [1.54, 1.807) is 0 Å². The summed E-state index contributed by atoms with van der Waals surface area (Å²) in [7, 11) is 1.24. The number of carbonyl (C=O) groups excluding carboxylic acids is 1. The summed E-state index contributed by atoms with van der Waals surface area (Å²) in [5.41, 5.74) is 1.22. The van der Waals surface area contributed by atoms with Gasteiger partial charge in [-0.25, -0.2) is 9.18 Å². The number of esters is 1. The molecule has 18 heavy (non-hydrogen) atoms. The predicted octanol–water partition coefficient (Wildman–Crippen LogP) is 2.21. The topological polar surface area (TPSA) is 62.2 Å². The van der Waals surface area contributed by atoms with Crippen LogP contribution in [0.25, 0.3) is 5.70 Å². The first-order chi connectivity index (χ1) is 8.62. The third-order valence-electron chi connectivity index (χ3n) is 2.25. The molecule has 0 atom stereocenters. The van der Waals surface area contributed by atoms with Gasteiger partial charge in [0.2, 0.25) is 0 Å². The summed E-state index contributed by atoms with van der Waals surface area (Å²) in [5, 5.41) is 10.1. The predicted molar refractivity (Wildman–Crippen MR) is 68.2 cm³/mol. The first kappa shape index (κ1) is 13.9. The molecule has 2 N–H and O–H groups in total. The third kappa shape index (κ3) is 3.41. The molecule has 0 saturated carbocycles. The normalized spacial score (nSPS) is 10.9. The Morgan fingerprint density at radius 3 is 2.67 bits per heavy atom. The lowest BCUT2D eigenvalue weighted by molar-refractivity contribution is 0.0600. The molecule has 0 bridgehead atoms. The molecule has 1 aromatic carbocycles. The second-order valence-corrected chi connectivity index (χ2v) is 3.50. The van der Waals surface area contributed by atoms with E-state index in [2.05, 4.69) is 10.1 Å². The lowest BCUT2D eigenvalue weighted by atomic mass is 10.1. The van der Waals surface area contributed by atoms with Gasteiger partial charge in [-0.2, -0.15) is 0 Å². The largest absolute Gasteiger partial charge is 0.465 e. The maximum absolute atomic E-state index is 13.4. The molecule has 0 unspecified atom stereocenters. The summed E-state index contributed by atoms with van der Waals surface area (Å²) < 4.78 is 18.0. The van der Waals surface area contributed by atoms with E-state index in [4.69, 9.17) is 5.41 Å². The Hall–Kier alpha value is -2.17. The smallest absolute Gasteiger partial charge is 0.337 e. The molecule has 4 nitrogen and oxygen atoms in total. The average Bonchev–Trinajstić information content (AvgIpc) is 2.36. The fourth-order valence-electron chi connectivity index (χ4n) is 1.51. The van der Waals surface area contributed by atoms with Crippen LogP contribution in [-0.2, 0) is 4.74 Å². The van der Waals surface area contributed by atoms with Crippen molar-refractivity contribution in [2.75, 3.05) is 13.7 Å². The van der Waals surface area contributed by atoms with Gasteiger partial charge in [0.25, 0.3) is 0 Å². The van der Waals surface area contributed by atoms with E-state index in [1.807, 2.05) is 6.92 Å². The average molecular weight is 250 g/mol. The molecule has 0 aliphatic heterocycles. The van der Waals surface area contributed by atoms with Crippen molar-refractivity contribution in [3.63, 3.8) is 0 Å². The minimum absolute atomic E-state index is 0.140. The number of halogens is 1. The maximum atomic E-state index is 13.4. The van der Waals surface area contributed by atoms with Crippen molar-refractivity contribution in [3.8, 4) is 0 Å². The molecule has 0 heterocycles. The standard InChI is InChI=1S/C13H15FN2O2/c1-3-16-12(4-5-15)9-6-10(13(17)18-2)8-11(14)7-9/h4-8,15-16H,3H2,1-2H3/b12-4-,15-5?. The molecule has 96 valence electrons. The van der Waals surface area contributed by atoms with Crippen LogP contribution < -0.4 is 5.32 Å². The highest BCUT2D eigenvalue weighted by Gasteiger charge is 2.10. The number of nitrogens with one attached hydrogen (secondary N) is 2. The number of carbonyl (C=O) groups is 1. The van der Waals surface area contributed by atoms with E-state index < -0.39 is 11.8 Å². The molecule has 0 spiro atoms. The third-order valence-corrected chi connectivity index (χ3v) is 2.25. The minimum atomic E-state index is -0.596. The maximum Gasteiger partial charge on any atom is 0.337 e. The quantitative estimate of drug-likeness (QED) is 0.622. The molecule has 0 aromatic heterocycles. The van der Waals surface area contributed by atoms with Crippen molar-refractivity contribution < 1.29 is 13.9 Å². The fourth-order valence-corrected chi connectivity index (χ4v) is 1.51. The van der Waals surface area contributed by atoms with Gasteiger partial charge in [-0.05, 0) is 31.2 Å². The molecular weight excluding hydrogens is 235 g/mol. The number of rotatable bonds is 5. The Labute approximate surface area is 105 Å². The van der Waals surface area contributed by atoms with E-state index >= 15 is 0 Å². The van der Waals surface area contributed by atoms with Crippen LogP contribution in [0, 0.1) is 11.2 Å². The van der Waals surface area contributed by atoms with Crippen molar-refractivity contribution in [1.82, 2.24) is 5.32 Å². The van der Waals surface area contributed by atoms with Gasteiger partial charge in [-0.3, -0.25) is 0 Å². The molecule has 0 aliphatic rings. The second kappa shape index (κ2) is 6.54. The summed E-state index contributed by atoms with van der Waals surface area (Å²) in [6.07, 6.45) is 2.60. The molecule has 1 rings (SSSR count). The van der Waals surface area contributed by atoms with Gasteiger partial charge in [0, 0.05) is 24.0 Å². The zero-order valence-corrected chi connectivity index (χ0v) is 10.3. The summed E-state index contributed by atoms with van der Waals surface area (Å²) >= 11 is 0. The Morgan fingerprint density at radius 2 is 2.11 bits per heavy atom. The van der Waals surface area contributed by atoms with Gasteiger partial charge < -0.3 is 15.5 Å². The van der Waals surface area contributed by atoms with Crippen molar-refractivity contribution in [2.24, 2.45) is 0 Å². The van der Waals surface area contributed by atoms with E-state index in [0.717, 1.165) is 12.3 Å². The number of hydrogen-bond donors (Lipinski definition) is 2. The van der Waals surface area contributed by atoms with E-state index in [0.29, 0.717) is 17.8 Å². The Kier molecular flexibility index (Phi) is 5.05. The van der Waals surface area contributed by atoms with E-state index in [9.17, 15) is 9.18 Å². The summed E-state index contributed by atoms with van der Waals surface area (Å²) in [4.78, 5) is 11.4. The highest BCUT2D eigenvalue weighted by molar-refractivity contribution is 5.91. The van der Waals surface area contributed by atoms with Gasteiger partial charge in [0.1, 0.15) is 5.82 Å². The molecule has 0 fully saturated rings. The first-order valence-electron chi connectivity index (χ1n) is 5.46. The van der Waals surface area contributed by atoms with Gasteiger partial charge in [-0.15, -0.1) is 0 Å². The highest BCUT2D eigenvalue weighted by atomic mass is 19.1. The molecule has 0 aliphatic carbocycles. The number of hydrogen-bond acceptors (Lipinski definition) is 4. The monoisotopic (exact) mass is 250 g/mol. The highest BCUT2D eigenvalue weighted by Crippen LogP contribution is 2.16. The van der Waals surface area contributed by atoms with Crippen molar-refractivity contribution >= 4 is 17.9 Å². The molecular formula is C13H15FN2O2. The van der Waals surface area contributed by atoms with Gasteiger partial charge in [-0.1, -0.05) is 0 Å². The number of methoxy groups -OCH3 is 1. The van der Waals surface area contributed by atoms with E-state index in [-0.39, 0.29) is 5.56 Å². The first-order valence-corrected chi connectivity index (χ1v) is 5.46. The zero-order chi connectivity index (χ0) is 13.5. The lowest BCUT2D eigenvalue weighted by Crippen LogP contribution is -2.12. The molecule has 0 amide bonds. The molecule has 0 radical (unpaired) electrons. The van der Waals surface area contributed by atoms with Crippen molar-refractivity contribution in [2.45, 2.75) is 6.92 Å². The minimum Gasteiger partial charge on any atom is -0.465 e. The molecule has 1 aromatic rings. The van der Waals surface area contributed by atoms with Gasteiger partial charge in [0.15, 0.2) is 0 Å². The van der Waals surface area contributed by atoms with Crippen LogP contribution in [0.2, 0.25) is 0 Å². The van der Waals surface area contributed by atoms with Crippen LogP contribution in [-0.4, -0.2) is 25.8 Å². The van der Waals surface area contributed by atoms with E-state index in [1.165, 1.54) is 25.3 Å². The van der Waals surface area contributed by atoms with Crippen LogP contribution in [0.1, 0.15) is 22.8 Å². The number of benzene rings is 1. The van der Waals surface area contributed by atoms with Gasteiger partial charge >= 0.3 is 5.97 Å². The molecule has 5 heteroatoms. The van der Waals surface area contributed by atoms with Crippen LogP contribution >= 0.6 is 0 Å². The number of ether oxygens (including phenoxy) is 1. The van der Waals surface area contributed by atoms with Crippen LogP contribution in [0.4, 0.5) is 4.39 Å². The van der Waals surface area contributed by atoms with Gasteiger partial charge in [0.05, 0.1) is 12.7 Å². The van der Waals surface area contributed by atoms with Crippen molar-refractivity contribution in [1.29, 1.82) is 5.41 Å². The lowest BCUT2D eigenvalue weighted by Gasteiger charge is -2.10. The SMILES string of the molecule is CCN/C(=C\C=N)c1cc(F)cc(C(=O)OC)c1. The van der Waals surface area contributed by atoms with Crippen LogP contribution in [0.3, 0.4) is 0 Å². The Morgan fingerprint density at radius 1 is 1.44 bits per heavy atom.